The van der Waals surface area contributed by atoms with Crippen molar-refractivity contribution in [3.8, 4) is 23.0 Å². The van der Waals surface area contributed by atoms with Gasteiger partial charge in [-0.25, -0.2) is 19.6 Å². The molecule has 0 aromatic carbocycles. The first-order chi connectivity index (χ1) is 19.2. The molecule has 1 amide bonds. The van der Waals surface area contributed by atoms with E-state index in [1.807, 2.05) is 0 Å². The molecule has 6 rings (SSSR count). The molecule has 1 aliphatic rings. The molecule has 5 aromatic rings. The monoisotopic (exact) mass is 551 g/mol. The predicted molar refractivity (Wildman–Crippen MR) is 133 cm³/mol. The fraction of sp³-hybridized carbons (Fsp3) is 0.240. The number of ketones is 1. The summed E-state index contributed by atoms with van der Waals surface area (Å²) in [6.45, 7) is 1.42. The summed E-state index contributed by atoms with van der Waals surface area (Å²) in [6, 6.07) is 4.65. The first-order valence-corrected chi connectivity index (χ1v) is 12.0. The maximum absolute atomic E-state index is 13.9. The number of halogens is 3. The number of pyridine rings is 2. The molecule has 40 heavy (non-hydrogen) atoms. The van der Waals surface area contributed by atoms with E-state index in [0.29, 0.717) is 22.5 Å². The van der Waals surface area contributed by atoms with Crippen molar-refractivity contribution in [1.29, 1.82) is 0 Å². The Morgan fingerprint density at radius 2 is 1.95 bits per heavy atom. The van der Waals surface area contributed by atoms with E-state index in [2.05, 4.69) is 30.0 Å². The molecule has 15 heteroatoms. The third kappa shape index (κ3) is 4.06. The van der Waals surface area contributed by atoms with Crippen LogP contribution in [0.3, 0.4) is 0 Å². The molecule has 0 unspecified atom stereocenters. The van der Waals surface area contributed by atoms with Gasteiger partial charge in [0.25, 0.3) is 11.7 Å². The molecule has 204 valence electrons. The van der Waals surface area contributed by atoms with Crippen molar-refractivity contribution in [3.05, 3.63) is 66.0 Å². The lowest BCUT2D eigenvalue weighted by molar-refractivity contribution is -0.140. The number of carbonyl (C=O) groups is 2. The molecule has 6 heterocycles. The largest absolute Gasteiger partial charge is 0.494 e. The fourth-order valence-corrected chi connectivity index (χ4v) is 4.78. The van der Waals surface area contributed by atoms with Crippen LogP contribution in [-0.2, 0) is 24.1 Å². The Morgan fingerprint density at radius 1 is 1.12 bits per heavy atom. The van der Waals surface area contributed by atoms with Crippen LogP contribution in [0.15, 0.2) is 43.1 Å². The minimum atomic E-state index is -4.74. The van der Waals surface area contributed by atoms with E-state index in [1.165, 1.54) is 52.2 Å². The molecule has 1 N–H and O–H groups in total. The highest BCUT2D eigenvalue weighted by Crippen LogP contribution is 2.38. The molecule has 0 saturated heterocycles. The summed E-state index contributed by atoms with van der Waals surface area (Å²) >= 11 is 0. The molecule has 0 bridgehead atoms. The number of aromatic amines is 1. The first-order valence-electron chi connectivity index (χ1n) is 12.0. The van der Waals surface area contributed by atoms with Crippen molar-refractivity contribution in [2.24, 2.45) is 0 Å². The Morgan fingerprint density at radius 3 is 2.62 bits per heavy atom. The third-order valence-corrected chi connectivity index (χ3v) is 6.57. The Kier molecular flexibility index (Phi) is 5.85. The standard InChI is InChI=1S/C25H20F3N9O3/c1-13-32-12-37(34-13)23-19-18(16(40-2)10-31-23)14(9-30-19)21(38)24(39)35-7-8-36-17(11-35)33-22(25(26,27)28)20(36)15-5-3-4-6-29-15/h3-6,9-10,12,30H,7-8,11H2,1-2H3. The van der Waals surface area contributed by atoms with Gasteiger partial charge >= 0.3 is 6.18 Å². The van der Waals surface area contributed by atoms with Gasteiger partial charge < -0.3 is 19.2 Å². The number of imidazole rings is 1. The number of rotatable bonds is 5. The van der Waals surface area contributed by atoms with Crippen molar-refractivity contribution in [2.75, 3.05) is 13.7 Å². The average Bonchev–Trinajstić information content (AvgIpc) is 3.68. The van der Waals surface area contributed by atoms with Gasteiger partial charge in [0.1, 0.15) is 23.7 Å². The summed E-state index contributed by atoms with van der Waals surface area (Å²) in [5.74, 6) is -0.656. The molecule has 1 aliphatic heterocycles. The van der Waals surface area contributed by atoms with E-state index in [0.717, 1.165) is 0 Å². The Bertz CT molecular complexity index is 1770. The second-order valence-electron chi connectivity index (χ2n) is 8.98. The van der Waals surface area contributed by atoms with Crippen LogP contribution >= 0.6 is 0 Å². The van der Waals surface area contributed by atoms with Crippen LogP contribution in [0.4, 0.5) is 13.2 Å². The average molecular weight is 551 g/mol. The Balaban J connectivity index is 1.35. The second-order valence-corrected chi connectivity index (χ2v) is 8.98. The number of hydrogen-bond acceptors (Lipinski definition) is 8. The zero-order valence-electron chi connectivity index (χ0n) is 21.1. The number of aromatic nitrogens is 8. The van der Waals surface area contributed by atoms with E-state index in [4.69, 9.17) is 4.74 Å². The van der Waals surface area contributed by atoms with Crippen molar-refractivity contribution >= 4 is 22.6 Å². The summed E-state index contributed by atoms with van der Waals surface area (Å²) in [6.07, 6.45) is 0.888. The van der Waals surface area contributed by atoms with E-state index in [1.54, 1.807) is 19.1 Å². The smallest absolute Gasteiger partial charge is 0.435 e. The number of nitrogens with one attached hydrogen (secondary N) is 1. The number of fused-ring (bicyclic) bond motifs is 2. The van der Waals surface area contributed by atoms with Gasteiger partial charge in [-0.3, -0.25) is 14.6 Å². The van der Waals surface area contributed by atoms with Crippen LogP contribution in [-0.4, -0.2) is 69.5 Å². The molecule has 12 nitrogen and oxygen atoms in total. The summed E-state index contributed by atoms with van der Waals surface area (Å²) in [4.78, 5) is 47.3. The lowest BCUT2D eigenvalue weighted by Crippen LogP contribution is -2.42. The Hall–Kier alpha value is -5.08. The predicted octanol–water partition coefficient (Wildman–Crippen LogP) is 2.96. The van der Waals surface area contributed by atoms with Crippen molar-refractivity contribution in [3.63, 3.8) is 0 Å². The number of aryl methyl sites for hydroxylation is 1. The van der Waals surface area contributed by atoms with Crippen LogP contribution in [0.5, 0.6) is 5.75 Å². The van der Waals surface area contributed by atoms with E-state index >= 15 is 0 Å². The number of nitrogens with zero attached hydrogens (tertiary/aromatic N) is 8. The fourth-order valence-electron chi connectivity index (χ4n) is 4.78. The number of hydrogen-bond donors (Lipinski definition) is 1. The van der Waals surface area contributed by atoms with Gasteiger partial charge in [0, 0.05) is 25.5 Å². The number of Topliss-reactive ketones (excluding diaryl/α,β-unsaturated/α-hetero) is 1. The highest BCUT2D eigenvalue weighted by Gasteiger charge is 2.41. The Labute approximate surface area is 223 Å². The highest BCUT2D eigenvalue weighted by atomic mass is 19.4. The normalized spacial score (nSPS) is 13.5. The molecule has 0 radical (unpaired) electrons. The van der Waals surface area contributed by atoms with Gasteiger partial charge in [-0.2, -0.15) is 18.3 Å². The van der Waals surface area contributed by atoms with Crippen molar-refractivity contribution < 1.29 is 27.5 Å². The summed E-state index contributed by atoms with van der Waals surface area (Å²) in [7, 11) is 1.40. The van der Waals surface area contributed by atoms with Gasteiger partial charge in [0.2, 0.25) is 0 Å². The summed E-state index contributed by atoms with van der Waals surface area (Å²) < 4.78 is 49.9. The minimum absolute atomic E-state index is 0.000263. The number of carbonyl (C=O) groups excluding carboxylic acids is 2. The maximum atomic E-state index is 13.9. The molecular weight excluding hydrogens is 531 g/mol. The van der Waals surface area contributed by atoms with E-state index < -0.39 is 23.6 Å². The molecule has 0 fully saturated rings. The highest BCUT2D eigenvalue weighted by molar-refractivity contribution is 6.45. The molecule has 0 saturated carbocycles. The summed E-state index contributed by atoms with van der Waals surface area (Å²) in [5.41, 5.74) is -0.735. The van der Waals surface area contributed by atoms with Crippen LogP contribution in [0.1, 0.15) is 27.7 Å². The number of methoxy groups -OCH3 is 1. The SMILES string of the molecule is COc1cnc(-n2cnc(C)n2)c2[nH]cc(C(=O)C(=O)N3CCn4c(nc(C(F)(F)F)c4-c4ccccn4)C3)c12. The second kappa shape index (κ2) is 9.29. The number of alkyl halides is 3. The first kappa shape index (κ1) is 25.2. The van der Waals surface area contributed by atoms with Crippen molar-refractivity contribution in [1.82, 2.24) is 44.2 Å². The maximum Gasteiger partial charge on any atom is 0.435 e. The van der Waals surface area contributed by atoms with Crippen LogP contribution < -0.4 is 4.74 Å². The van der Waals surface area contributed by atoms with E-state index in [9.17, 15) is 22.8 Å². The van der Waals surface area contributed by atoms with Crippen LogP contribution in [0.2, 0.25) is 0 Å². The molecule has 5 aromatic heterocycles. The molecule has 0 aliphatic carbocycles. The third-order valence-electron chi connectivity index (χ3n) is 6.57. The van der Waals surface area contributed by atoms with Gasteiger partial charge in [0.15, 0.2) is 11.5 Å². The van der Waals surface area contributed by atoms with E-state index in [-0.39, 0.29) is 48.2 Å². The molecule has 0 spiro atoms. The van der Waals surface area contributed by atoms with Crippen LogP contribution in [0, 0.1) is 6.92 Å². The topological polar surface area (TPSA) is 137 Å². The van der Waals surface area contributed by atoms with Gasteiger partial charge in [-0.15, -0.1) is 0 Å². The quantitative estimate of drug-likeness (QED) is 0.260. The minimum Gasteiger partial charge on any atom is -0.494 e. The van der Waals surface area contributed by atoms with Crippen LogP contribution in [0.25, 0.3) is 28.1 Å². The zero-order valence-corrected chi connectivity index (χ0v) is 21.1. The van der Waals surface area contributed by atoms with Crippen molar-refractivity contribution in [2.45, 2.75) is 26.2 Å². The molecule has 0 atom stereocenters. The number of H-pyrrole nitrogens is 1. The summed E-state index contributed by atoms with van der Waals surface area (Å²) in [5, 5.41) is 4.56. The lowest BCUT2D eigenvalue weighted by atomic mass is 10.1. The lowest BCUT2D eigenvalue weighted by Gasteiger charge is -2.28. The van der Waals surface area contributed by atoms with Gasteiger partial charge in [-0.05, 0) is 19.1 Å². The number of amides is 1. The molecular formula is C25H20F3N9O3. The van der Waals surface area contributed by atoms with Gasteiger partial charge in [0.05, 0.1) is 47.7 Å². The van der Waals surface area contributed by atoms with Gasteiger partial charge in [-0.1, -0.05) is 6.07 Å². The number of ether oxygens (including phenoxy) is 1. The zero-order chi connectivity index (χ0) is 28.2.